The van der Waals surface area contributed by atoms with Crippen molar-refractivity contribution >= 4 is 37.0 Å². The zero-order valence-corrected chi connectivity index (χ0v) is 23.7. The van der Waals surface area contributed by atoms with Gasteiger partial charge in [0, 0.05) is 25.2 Å². The third kappa shape index (κ3) is 7.49. The molecule has 2 fully saturated rings. The number of hydrogen-bond donors (Lipinski definition) is 3. The fraction of sp³-hybridized carbons (Fsp3) is 0.600. The molecule has 3 N–H and O–H groups in total. The molecule has 39 heavy (non-hydrogen) atoms. The van der Waals surface area contributed by atoms with Crippen LogP contribution in [0.3, 0.4) is 0 Å². The van der Waals surface area contributed by atoms with Crippen molar-refractivity contribution in [1.82, 2.24) is 20.4 Å². The highest BCUT2D eigenvalue weighted by molar-refractivity contribution is 7.62. The van der Waals surface area contributed by atoms with E-state index < -0.39 is 43.4 Å². The van der Waals surface area contributed by atoms with E-state index in [1.807, 2.05) is 0 Å². The summed E-state index contributed by atoms with van der Waals surface area (Å²) in [6.07, 6.45) is 0.529. The number of amides is 5. The molecule has 1 saturated heterocycles. The Labute approximate surface area is 227 Å². The Balaban J connectivity index is 1.59. The number of urea groups is 2. The largest absolute Gasteiger partial charge is 0.479 e. The SMILES string of the molecule is CCOP(=O)(OCC)c1ccc([C@@H](NC(=O)N2CCN(C3CC(NC(=O)OC(C)(C)C)C3)C2=O)C(=O)O)cc1. The number of carbonyl (C=O) groups excluding carboxylic acids is 3. The van der Waals surface area contributed by atoms with E-state index in [1.165, 1.54) is 24.3 Å². The topological polar surface area (TPSA) is 164 Å². The van der Waals surface area contributed by atoms with Crippen molar-refractivity contribution in [3.05, 3.63) is 29.8 Å². The minimum atomic E-state index is -3.56. The molecule has 1 saturated carbocycles. The molecule has 1 heterocycles. The molecule has 1 aliphatic carbocycles. The molecular formula is C25H37N4O9P. The molecule has 3 rings (SSSR count). The Kier molecular flexibility index (Phi) is 9.63. The lowest BCUT2D eigenvalue weighted by atomic mass is 9.86. The van der Waals surface area contributed by atoms with Crippen LogP contribution in [0, 0.1) is 0 Å². The van der Waals surface area contributed by atoms with Crippen molar-refractivity contribution in [2.45, 2.75) is 71.2 Å². The van der Waals surface area contributed by atoms with E-state index in [9.17, 15) is 28.8 Å². The molecule has 216 valence electrons. The van der Waals surface area contributed by atoms with Crippen LogP contribution in [0.1, 0.15) is 59.1 Å². The van der Waals surface area contributed by atoms with Gasteiger partial charge in [-0.15, -0.1) is 0 Å². The highest BCUT2D eigenvalue weighted by atomic mass is 31.2. The van der Waals surface area contributed by atoms with Gasteiger partial charge in [-0.3, -0.25) is 4.57 Å². The molecule has 2 aliphatic rings. The number of carbonyl (C=O) groups is 4. The Morgan fingerprint density at radius 2 is 1.67 bits per heavy atom. The summed E-state index contributed by atoms with van der Waals surface area (Å²) in [5.41, 5.74) is -0.394. The number of carboxylic acid groups (broad SMARTS) is 1. The van der Waals surface area contributed by atoms with Crippen molar-refractivity contribution in [1.29, 1.82) is 0 Å². The minimum absolute atomic E-state index is 0.0997. The van der Waals surface area contributed by atoms with Gasteiger partial charge in [0.05, 0.1) is 18.5 Å². The van der Waals surface area contributed by atoms with Gasteiger partial charge >= 0.3 is 31.7 Å². The van der Waals surface area contributed by atoms with Crippen molar-refractivity contribution in [3.63, 3.8) is 0 Å². The van der Waals surface area contributed by atoms with E-state index in [0.717, 1.165) is 4.90 Å². The van der Waals surface area contributed by atoms with Crippen LogP contribution in [0.5, 0.6) is 0 Å². The first-order valence-corrected chi connectivity index (χ1v) is 14.4. The van der Waals surface area contributed by atoms with Crippen LogP contribution in [0.25, 0.3) is 0 Å². The third-order valence-corrected chi connectivity index (χ3v) is 8.34. The first-order valence-electron chi connectivity index (χ1n) is 12.9. The van der Waals surface area contributed by atoms with Crippen molar-refractivity contribution in [2.24, 2.45) is 0 Å². The van der Waals surface area contributed by atoms with Crippen molar-refractivity contribution in [3.8, 4) is 0 Å². The van der Waals surface area contributed by atoms with Crippen LogP contribution < -0.4 is 15.9 Å². The summed E-state index contributed by atoms with van der Waals surface area (Å²) in [6, 6.07) is 2.61. The molecule has 14 heteroatoms. The van der Waals surface area contributed by atoms with Crippen LogP contribution in [-0.2, 0) is 23.1 Å². The number of nitrogens with one attached hydrogen (secondary N) is 2. The Bertz CT molecular complexity index is 1110. The molecule has 1 aromatic carbocycles. The molecule has 1 aromatic rings. The number of carboxylic acids is 1. The van der Waals surface area contributed by atoms with Crippen LogP contribution >= 0.6 is 7.60 Å². The Morgan fingerprint density at radius 1 is 1.08 bits per heavy atom. The number of hydrogen-bond acceptors (Lipinski definition) is 8. The average molecular weight is 569 g/mol. The Hall–Kier alpha value is -3.15. The summed E-state index contributed by atoms with van der Waals surface area (Å²) >= 11 is 0. The van der Waals surface area contributed by atoms with Gasteiger partial charge in [-0.2, -0.15) is 0 Å². The number of aliphatic carboxylic acids is 1. The monoisotopic (exact) mass is 568 g/mol. The number of imide groups is 1. The summed E-state index contributed by atoms with van der Waals surface area (Å²) in [7, 11) is -3.56. The van der Waals surface area contributed by atoms with E-state index in [0.29, 0.717) is 19.4 Å². The van der Waals surface area contributed by atoms with Gasteiger partial charge in [0.15, 0.2) is 6.04 Å². The summed E-state index contributed by atoms with van der Waals surface area (Å²) in [6.45, 7) is 9.39. The smallest absolute Gasteiger partial charge is 0.407 e. The maximum Gasteiger partial charge on any atom is 0.407 e. The predicted octanol–water partition coefficient (Wildman–Crippen LogP) is 3.21. The molecule has 0 radical (unpaired) electrons. The van der Waals surface area contributed by atoms with Crippen molar-refractivity contribution in [2.75, 3.05) is 26.3 Å². The van der Waals surface area contributed by atoms with Crippen molar-refractivity contribution < 1.29 is 42.6 Å². The summed E-state index contributed by atoms with van der Waals surface area (Å²) in [5.74, 6) is -1.33. The fourth-order valence-corrected chi connectivity index (χ4v) is 5.95. The third-order valence-electron chi connectivity index (χ3n) is 6.22. The fourth-order valence-electron chi connectivity index (χ4n) is 4.38. The molecule has 0 unspecified atom stereocenters. The Morgan fingerprint density at radius 3 is 2.18 bits per heavy atom. The zero-order chi connectivity index (χ0) is 29.0. The van der Waals surface area contributed by atoms with Gasteiger partial charge in [0.1, 0.15) is 5.60 Å². The number of nitrogens with zero attached hydrogens (tertiary/aromatic N) is 2. The molecule has 1 atom stereocenters. The molecule has 0 aromatic heterocycles. The second-order valence-corrected chi connectivity index (χ2v) is 12.3. The summed E-state index contributed by atoms with van der Waals surface area (Å²) in [4.78, 5) is 52.3. The van der Waals surface area contributed by atoms with Gasteiger partial charge in [0.25, 0.3) is 0 Å². The maximum absolute atomic E-state index is 13.0. The highest BCUT2D eigenvalue weighted by Gasteiger charge is 2.44. The maximum atomic E-state index is 13.0. The summed E-state index contributed by atoms with van der Waals surface area (Å²) in [5, 5.41) is 15.2. The van der Waals surface area contributed by atoms with Gasteiger partial charge in [-0.1, -0.05) is 12.1 Å². The van der Waals surface area contributed by atoms with Gasteiger partial charge in [-0.25, -0.2) is 24.1 Å². The number of benzene rings is 1. The van der Waals surface area contributed by atoms with E-state index >= 15 is 0 Å². The molecule has 0 spiro atoms. The second-order valence-electron chi connectivity index (χ2n) is 10.2. The first kappa shape index (κ1) is 30.4. The minimum Gasteiger partial charge on any atom is -0.479 e. The van der Waals surface area contributed by atoms with Crippen LogP contribution in [0.4, 0.5) is 14.4 Å². The molecule has 13 nitrogen and oxygen atoms in total. The molecule has 0 bridgehead atoms. The standard InChI is InChI=1S/C25H37N4O9P/c1-6-36-39(35,37-7-2)19-10-8-16(9-11-19)20(21(30)31)27-22(32)29-13-12-28(24(29)34)18-14-17(15-18)26-23(33)38-25(3,4)5/h8-11,17-18,20H,6-7,12-15H2,1-5H3,(H,26,33)(H,27,32)(H,30,31)/t17?,18?,20-/m1/s1. The van der Waals surface area contributed by atoms with E-state index in [4.69, 9.17) is 13.8 Å². The molecule has 1 aliphatic heterocycles. The van der Waals surface area contributed by atoms with Gasteiger partial charge in [-0.05, 0) is 65.2 Å². The summed E-state index contributed by atoms with van der Waals surface area (Å²) < 4.78 is 28.8. The van der Waals surface area contributed by atoms with E-state index in [2.05, 4.69) is 10.6 Å². The van der Waals surface area contributed by atoms with Crippen LogP contribution in [-0.4, -0.2) is 83.0 Å². The van der Waals surface area contributed by atoms with E-state index in [-0.39, 0.29) is 42.7 Å². The first-order chi connectivity index (χ1) is 18.3. The van der Waals surface area contributed by atoms with Crippen LogP contribution in [0.2, 0.25) is 0 Å². The number of rotatable bonds is 10. The lowest BCUT2D eigenvalue weighted by Gasteiger charge is -2.41. The lowest BCUT2D eigenvalue weighted by Crippen LogP contribution is -2.56. The number of ether oxygens (including phenoxy) is 1. The lowest BCUT2D eigenvalue weighted by molar-refractivity contribution is -0.139. The molecule has 5 amide bonds. The van der Waals surface area contributed by atoms with Gasteiger partial charge in [0.2, 0.25) is 0 Å². The zero-order valence-electron chi connectivity index (χ0n) is 22.8. The number of alkyl carbamates (subject to hydrolysis) is 1. The molecular weight excluding hydrogens is 531 g/mol. The second kappa shape index (κ2) is 12.4. The normalized spacial score (nSPS) is 20.3. The van der Waals surface area contributed by atoms with Crippen LogP contribution in [0.15, 0.2) is 24.3 Å². The quantitative estimate of drug-likeness (QED) is 0.360. The average Bonchev–Trinajstić information content (AvgIpc) is 3.19. The van der Waals surface area contributed by atoms with E-state index in [1.54, 1.807) is 39.5 Å². The highest BCUT2D eigenvalue weighted by Crippen LogP contribution is 2.46. The predicted molar refractivity (Wildman–Crippen MR) is 141 cm³/mol. The van der Waals surface area contributed by atoms with Gasteiger partial charge < -0.3 is 34.4 Å².